The summed E-state index contributed by atoms with van der Waals surface area (Å²) < 4.78 is 44.2. The molecular formula is C15H20F3NO. The number of rotatable bonds is 4. The lowest BCUT2D eigenvalue weighted by atomic mass is 9.92. The highest BCUT2D eigenvalue weighted by atomic mass is 19.4. The number of hydrogen-bond donors (Lipinski definition) is 1. The summed E-state index contributed by atoms with van der Waals surface area (Å²) in [6, 6.07) is 5.65. The zero-order chi connectivity index (χ0) is 14.6. The fourth-order valence-corrected chi connectivity index (χ4v) is 2.55. The monoisotopic (exact) mass is 287 g/mol. The van der Waals surface area contributed by atoms with Gasteiger partial charge in [-0.05, 0) is 31.7 Å². The first-order chi connectivity index (χ1) is 9.52. The molecule has 0 aromatic heterocycles. The Morgan fingerprint density at radius 1 is 1.25 bits per heavy atom. The Labute approximate surface area is 117 Å². The molecule has 1 aromatic carbocycles. The van der Waals surface area contributed by atoms with E-state index in [0.29, 0.717) is 25.2 Å². The molecule has 0 saturated carbocycles. The smallest absolute Gasteiger partial charge is 0.403 e. The van der Waals surface area contributed by atoms with Crippen LogP contribution in [-0.4, -0.2) is 18.8 Å². The summed E-state index contributed by atoms with van der Waals surface area (Å²) in [4.78, 5) is 0. The zero-order valence-corrected chi connectivity index (χ0v) is 11.5. The summed E-state index contributed by atoms with van der Waals surface area (Å²) >= 11 is 0. The van der Waals surface area contributed by atoms with Crippen molar-refractivity contribution in [3.63, 3.8) is 0 Å². The highest BCUT2D eigenvalue weighted by molar-refractivity contribution is 5.36. The van der Waals surface area contributed by atoms with Crippen molar-refractivity contribution >= 4 is 0 Å². The number of para-hydroxylation sites is 1. The fraction of sp³-hybridized carbons (Fsp3) is 0.600. The van der Waals surface area contributed by atoms with Crippen molar-refractivity contribution in [3.05, 3.63) is 29.8 Å². The maximum Gasteiger partial charge on any atom is 0.403 e. The Kier molecular flexibility index (Phi) is 4.91. The van der Waals surface area contributed by atoms with Crippen molar-refractivity contribution < 1.29 is 17.9 Å². The van der Waals surface area contributed by atoms with Crippen molar-refractivity contribution in [1.29, 1.82) is 0 Å². The molecule has 112 valence electrons. The molecule has 0 spiro atoms. The van der Waals surface area contributed by atoms with Crippen molar-refractivity contribution in [3.8, 4) is 5.75 Å². The second kappa shape index (κ2) is 6.48. The molecule has 0 bridgehead atoms. The van der Waals surface area contributed by atoms with Crippen LogP contribution in [0.3, 0.4) is 0 Å². The van der Waals surface area contributed by atoms with Gasteiger partial charge in [-0.1, -0.05) is 25.1 Å². The van der Waals surface area contributed by atoms with Crippen LogP contribution >= 0.6 is 0 Å². The molecule has 2 unspecified atom stereocenters. The van der Waals surface area contributed by atoms with Gasteiger partial charge in [0.25, 0.3) is 0 Å². The molecule has 0 radical (unpaired) electrons. The van der Waals surface area contributed by atoms with E-state index in [2.05, 4.69) is 5.32 Å². The normalized spacial score (nSPS) is 23.6. The molecule has 1 aliphatic heterocycles. The maximum atomic E-state index is 12.8. The standard InChI is InChI=1S/C15H20F3NO/c1-2-10-20-13-8-4-3-6-11(13)12-7-5-9-14(19-12)15(16,17)18/h3-4,6,8,12,14,19H,2,5,7,9-10H2,1H3. The topological polar surface area (TPSA) is 21.3 Å². The predicted octanol–water partition coefficient (Wildman–Crippen LogP) is 4.22. The van der Waals surface area contributed by atoms with Crippen molar-refractivity contribution in [2.24, 2.45) is 0 Å². The number of alkyl halides is 3. The SMILES string of the molecule is CCCOc1ccccc1C1CCCC(C(F)(F)F)N1. The van der Waals surface area contributed by atoms with Crippen LogP contribution in [0.2, 0.25) is 0 Å². The molecular weight excluding hydrogens is 267 g/mol. The van der Waals surface area contributed by atoms with Crippen molar-refractivity contribution in [2.45, 2.75) is 50.9 Å². The van der Waals surface area contributed by atoms with Crippen LogP contribution in [0.25, 0.3) is 0 Å². The molecule has 1 heterocycles. The number of ether oxygens (including phenoxy) is 1. The first kappa shape index (κ1) is 15.2. The average Bonchev–Trinajstić information content (AvgIpc) is 2.45. The van der Waals surface area contributed by atoms with E-state index in [4.69, 9.17) is 4.74 Å². The van der Waals surface area contributed by atoms with Crippen molar-refractivity contribution in [2.75, 3.05) is 6.61 Å². The summed E-state index contributed by atoms with van der Waals surface area (Å²) in [5, 5.41) is 2.72. The minimum atomic E-state index is -4.18. The largest absolute Gasteiger partial charge is 0.493 e. The highest BCUT2D eigenvalue weighted by Gasteiger charge is 2.42. The summed E-state index contributed by atoms with van der Waals surface area (Å²) in [5.41, 5.74) is 0.829. The first-order valence-corrected chi connectivity index (χ1v) is 7.07. The van der Waals surface area contributed by atoms with Gasteiger partial charge in [0.2, 0.25) is 0 Å². The Bertz CT molecular complexity index is 433. The van der Waals surface area contributed by atoms with E-state index in [1.165, 1.54) is 0 Å². The first-order valence-electron chi connectivity index (χ1n) is 7.07. The van der Waals surface area contributed by atoms with Crippen LogP contribution in [0.4, 0.5) is 13.2 Å². The second-order valence-electron chi connectivity index (χ2n) is 5.13. The fourth-order valence-electron chi connectivity index (χ4n) is 2.55. The van der Waals surface area contributed by atoms with Gasteiger partial charge < -0.3 is 4.74 Å². The highest BCUT2D eigenvalue weighted by Crippen LogP contribution is 2.36. The molecule has 1 fully saturated rings. The van der Waals surface area contributed by atoms with Gasteiger partial charge in [0.05, 0.1) is 6.61 Å². The van der Waals surface area contributed by atoms with Crippen LogP contribution in [0.15, 0.2) is 24.3 Å². The summed E-state index contributed by atoms with van der Waals surface area (Å²) in [7, 11) is 0. The van der Waals surface area contributed by atoms with Gasteiger partial charge in [-0.25, -0.2) is 0 Å². The molecule has 1 saturated heterocycles. The summed E-state index contributed by atoms with van der Waals surface area (Å²) in [5.74, 6) is 0.690. The van der Waals surface area contributed by atoms with Gasteiger partial charge in [-0.2, -0.15) is 13.2 Å². The lowest BCUT2D eigenvalue weighted by Gasteiger charge is -2.33. The molecule has 2 nitrogen and oxygen atoms in total. The van der Waals surface area contributed by atoms with E-state index in [1.807, 2.05) is 31.2 Å². The molecule has 1 N–H and O–H groups in total. The molecule has 5 heteroatoms. The minimum Gasteiger partial charge on any atom is -0.493 e. The number of nitrogens with one attached hydrogen (secondary N) is 1. The molecule has 1 aromatic rings. The number of piperidine rings is 1. The van der Waals surface area contributed by atoms with E-state index in [0.717, 1.165) is 12.0 Å². The van der Waals surface area contributed by atoms with Crippen LogP contribution in [0, 0.1) is 0 Å². The third kappa shape index (κ3) is 3.66. The summed E-state index contributed by atoms with van der Waals surface area (Å²) in [6.45, 7) is 2.58. The number of hydrogen-bond acceptors (Lipinski definition) is 2. The van der Waals surface area contributed by atoms with E-state index < -0.39 is 12.2 Å². The Hall–Kier alpha value is -1.23. The average molecular weight is 287 g/mol. The molecule has 20 heavy (non-hydrogen) atoms. The zero-order valence-electron chi connectivity index (χ0n) is 11.5. The molecule has 2 atom stereocenters. The van der Waals surface area contributed by atoms with E-state index in [1.54, 1.807) is 0 Å². The molecule has 0 aliphatic carbocycles. The molecule has 2 rings (SSSR count). The van der Waals surface area contributed by atoms with Gasteiger partial charge in [0.1, 0.15) is 11.8 Å². The Morgan fingerprint density at radius 3 is 2.70 bits per heavy atom. The van der Waals surface area contributed by atoms with Crippen LogP contribution < -0.4 is 10.1 Å². The quantitative estimate of drug-likeness (QED) is 0.895. The minimum absolute atomic E-state index is 0.151. The van der Waals surface area contributed by atoms with Gasteiger partial charge in [0, 0.05) is 11.6 Å². The molecule has 1 aliphatic rings. The Balaban J connectivity index is 2.14. The predicted molar refractivity (Wildman–Crippen MR) is 71.8 cm³/mol. The number of halogens is 3. The van der Waals surface area contributed by atoms with Gasteiger partial charge in [0.15, 0.2) is 0 Å². The van der Waals surface area contributed by atoms with E-state index >= 15 is 0 Å². The maximum absolute atomic E-state index is 12.8. The van der Waals surface area contributed by atoms with Gasteiger partial charge >= 0.3 is 6.18 Å². The lowest BCUT2D eigenvalue weighted by molar-refractivity contribution is -0.163. The van der Waals surface area contributed by atoms with Crippen LogP contribution in [0.5, 0.6) is 5.75 Å². The van der Waals surface area contributed by atoms with E-state index in [-0.39, 0.29) is 12.5 Å². The van der Waals surface area contributed by atoms with Crippen LogP contribution in [0.1, 0.15) is 44.2 Å². The second-order valence-corrected chi connectivity index (χ2v) is 5.13. The van der Waals surface area contributed by atoms with E-state index in [9.17, 15) is 13.2 Å². The van der Waals surface area contributed by atoms with Gasteiger partial charge in [-0.3, -0.25) is 5.32 Å². The van der Waals surface area contributed by atoms with Gasteiger partial charge in [-0.15, -0.1) is 0 Å². The van der Waals surface area contributed by atoms with Crippen molar-refractivity contribution in [1.82, 2.24) is 5.32 Å². The number of benzene rings is 1. The Morgan fingerprint density at radius 2 is 2.00 bits per heavy atom. The summed E-state index contributed by atoms with van der Waals surface area (Å²) in [6.07, 6.45) is -1.88. The van der Waals surface area contributed by atoms with Crippen LogP contribution in [-0.2, 0) is 0 Å². The molecule has 0 amide bonds. The third-order valence-corrected chi connectivity index (χ3v) is 3.54. The third-order valence-electron chi connectivity index (χ3n) is 3.54. The lowest BCUT2D eigenvalue weighted by Crippen LogP contribution is -2.46.